The van der Waals surface area contributed by atoms with E-state index >= 15 is 0 Å². The monoisotopic (exact) mass is 402 g/mol. The predicted octanol–water partition coefficient (Wildman–Crippen LogP) is 2.53. The fraction of sp³-hybridized carbons (Fsp3) is 0.500. The molecule has 0 spiro atoms. The Labute approximate surface area is 148 Å². The summed E-state index contributed by atoms with van der Waals surface area (Å²) in [6.07, 6.45) is -5.19. The lowest BCUT2D eigenvalue weighted by molar-refractivity contribution is -0.242. The van der Waals surface area contributed by atoms with Gasteiger partial charge in [0.05, 0.1) is 15.6 Å². The molecule has 1 amide bonds. The maximum atomic E-state index is 12.6. The molecule has 1 rings (SSSR count). The van der Waals surface area contributed by atoms with Gasteiger partial charge in [-0.1, -0.05) is 25.4 Å². The molecular formula is C14H18ClF3N2O4S. The summed E-state index contributed by atoms with van der Waals surface area (Å²) in [7, 11) is -3.85. The third-order valence-electron chi connectivity index (χ3n) is 3.17. The lowest BCUT2D eigenvalue weighted by Crippen LogP contribution is -2.52. The van der Waals surface area contributed by atoms with Crippen LogP contribution in [0.4, 0.5) is 18.9 Å². The van der Waals surface area contributed by atoms with Crippen molar-refractivity contribution in [3.8, 4) is 0 Å². The Balaban J connectivity index is 3.02. The van der Waals surface area contributed by atoms with Crippen molar-refractivity contribution in [2.45, 2.75) is 37.4 Å². The number of halogens is 4. The number of anilines is 1. The molecule has 6 nitrogen and oxygen atoms in total. The summed E-state index contributed by atoms with van der Waals surface area (Å²) in [6, 6.07) is 3.10. The topological polar surface area (TPSA) is 95.5 Å². The third-order valence-corrected chi connectivity index (χ3v) is 4.91. The molecule has 0 aliphatic rings. The van der Waals surface area contributed by atoms with Crippen LogP contribution in [0.1, 0.15) is 20.8 Å². The molecule has 0 aromatic heterocycles. The molecule has 0 saturated heterocycles. The first-order valence-electron chi connectivity index (χ1n) is 7.08. The highest BCUT2D eigenvalue weighted by Gasteiger charge is 2.55. The summed E-state index contributed by atoms with van der Waals surface area (Å²) in [6.45, 7) is 4.10. The number of hydrogen-bond acceptors (Lipinski definition) is 4. The normalized spacial score (nSPS) is 15.1. The predicted molar refractivity (Wildman–Crippen MR) is 86.8 cm³/mol. The van der Waals surface area contributed by atoms with Crippen molar-refractivity contribution >= 4 is 33.2 Å². The van der Waals surface area contributed by atoms with Crippen LogP contribution in [-0.4, -0.2) is 37.8 Å². The first kappa shape index (κ1) is 21.7. The van der Waals surface area contributed by atoms with Gasteiger partial charge in [0.15, 0.2) is 0 Å². The van der Waals surface area contributed by atoms with Gasteiger partial charge in [0.25, 0.3) is 5.91 Å². The van der Waals surface area contributed by atoms with Gasteiger partial charge in [-0.15, -0.1) is 0 Å². The second-order valence-electron chi connectivity index (χ2n) is 5.91. The van der Waals surface area contributed by atoms with Crippen LogP contribution in [0, 0.1) is 5.92 Å². The van der Waals surface area contributed by atoms with E-state index < -0.39 is 27.7 Å². The van der Waals surface area contributed by atoms with Gasteiger partial charge in [0, 0.05) is 6.54 Å². The van der Waals surface area contributed by atoms with Crippen LogP contribution >= 0.6 is 11.6 Å². The summed E-state index contributed by atoms with van der Waals surface area (Å²) in [5.41, 5.74) is -3.89. The minimum atomic E-state index is -5.19. The summed E-state index contributed by atoms with van der Waals surface area (Å²) in [5.74, 6) is -1.68. The summed E-state index contributed by atoms with van der Waals surface area (Å²) in [4.78, 5) is 11.4. The third kappa shape index (κ3) is 5.30. The van der Waals surface area contributed by atoms with Crippen molar-refractivity contribution in [2.24, 2.45) is 5.92 Å². The molecule has 0 aliphatic heterocycles. The number of alkyl halides is 3. The zero-order valence-corrected chi connectivity index (χ0v) is 15.2. The van der Waals surface area contributed by atoms with Gasteiger partial charge in [-0.25, -0.2) is 13.1 Å². The molecular weight excluding hydrogens is 385 g/mol. The van der Waals surface area contributed by atoms with Crippen LogP contribution in [0.15, 0.2) is 23.1 Å². The molecule has 1 aromatic carbocycles. The van der Waals surface area contributed by atoms with Gasteiger partial charge in [-0.05, 0) is 31.0 Å². The summed E-state index contributed by atoms with van der Waals surface area (Å²) >= 11 is 5.84. The minimum absolute atomic E-state index is 0.0633. The number of aliphatic hydroxyl groups is 1. The number of benzene rings is 1. The van der Waals surface area contributed by atoms with Gasteiger partial charge in [0.2, 0.25) is 15.6 Å². The number of carbonyl (C=O) groups excluding carboxylic acids is 1. The van der Waals surface area contributed by atoms with E-state index in [0.717, 1.165) is 18.2 Å². The number of sulfonamides is 1. The molecule has 0 aliphatic carbocycles. The molecule has 25 heavy (non-hydrogen) atoms. The van der Waals surface area contributed by atoms with Gasteiger partial charge in [-0.3, -0.25) is 4.79 Å². The van der Waals surface area contributed by atoms with Crippen molar-refractivity contribution in [3.63, 3.8) is 0 Å². The van der Waals surface area contributed by atoms with Crippen LogP contribution < -0.4 is 10.0 Å². The quantitative estimate of drug-likeness (QED) is 0.681. The van der Waals surface area contributed by atoms with Crippen LogP contribution in [0.3, 0.4) is 0 Å². The standard InChI is InChI=1S/C14H18ClF3N2O4S/c1-8(2)7-19-25(23,24)9-4-5-11(10(15)6-9)20-12(21)13(3,22)14(16,17)18/h4-6,8,19,22H,7H2,1-3H3,(H,20,21)/t13-/m1/s1. The van der Waals surface area contributed by atoms with Crippen LogP contribution in [0.5, 0.6) is 0 Å². The molecule has 0 fully saturated rings. The van der Waals surface area contributed by atoms with Crippen molar-refractivity contribution in [1.29, 1.82) is 0 Å². The molecule has 11 heteroatoms. The van der Waals surface area contributed by atoms with Crippen LogP contribution in [0.2, 0.25) is 5.02 Å². The van der Waals surface area contributed by atoms with Crippen molar-refractivity contribution in [3.05, 3.63) is 23.2 Å². The van der Waals surface area contributed by atoms with Gasteiger partial charge in [-0.2, -0.15) is 13.2 Å². The van der Waals surface area contributed by atoms with E-state index in [-0.39, 0.29) is 28.1 Å². The summed E-state index contributed by atoms with van der Waals surface area (Å²) < 4.78 is 64.4. The maximum Gasteiger partial charge on any atom is 0.426 e. The molecule has 0 bridgehead atoms. The Kier molecular flexibility index (Phi) is 6.49. The number of carbonyl (C=O) groups is 1. The van der Waals surface area contributed by atoms with Crippen molar-refractivity contribution < 1.29 is 31.5 Å². The number of rotatable bonds is 6. The minimum Gasteiger partial charge on any atom is -0.373 e. The highest BCUT2D eigenvalue weighted by atomic mass is 35.5. The zero-order valence-electron chi connectivity index (χ0n) is 13.6. The lowest BCUT2D eigenvalue weighted by atomic mass is 10.1. The highest BCUT2D eigenvalue weighted by Crippen LogP contribution is 2.32. The van der Waals surface area contributed by atoms with E-state index in [9.17, 15) is 31.5 Å². The first-order valence-corrected chi connectivity index (χ1v) is 8.94. The average Bonchev–Trinajstić information content (AvgIpc) is 2.45. The molecule has 1 atom stereocenters. The Morgan fingerprint density at radius 1 is 1.32 bits per heavy atom. The van der Waals surface area contributed by atoms with E-state index in [1.54, 1.807) is 13.8 Å². The molecule has 0 radical (unpaired) electrons. The number of nitrogens with one attached hydrogen (secondary N) is 2. The second kappa shape index (κ2) is 7.48. The highest BCUT2D eigenvalue weighted by molar-refractivity contribution is 7.89. The van der Waals surface area contributed by atoms with Gasteiger partial charge >= 0.3 is 6.18 Å². The van der Waals surface area contributed by atoms with E-state index in [1.165, 1.54) is 0 Å². The average molecular weight is 403 g/mol. The SMILES string of the molecule is CC(C)CNS(=O)(=O)c1ccc(NC(=O)[C@@](C)(O)C(F)(F)F)c(Cl)c1. The van der Waals surface area contributed by atoms with E-state index in [4.69, 9.17) is 11.6 Å². The summed E-state index contributed by atoms with van der Waals surface area (Å²) in [5, 5.41) is 10.8. The van der Waals surface area contributed by atoms with Crippen molar-refractivity contribution in [1.82, 2.24) is 4.72 Å². The molecule has 0 unspecified atom stereocenters. The zero-order chi connectivity index (χ0) is 19.6. The van der Waals surface area contributed by atoms with E-state index in [2.05, 4.69) is 4.72 Å². The van der Waals surface area contributed by atoms with E-state index in [1.807, 2.05) is 5.32 Å². The Morgan fingerprint density at radius 2 is 1.88 bits per heavy atom. The van der Waals surface area contributed by atoms with Gasteiger partial charge < -0.3 is 10.4 Å². The number of amides is 1. The molecule has 142 valence electrons. The molecule has 0 saturated carbocycles. The largest absolute Gasteiger partial charge is 0.426 e. The fourth-order valence-corrected chi connectivity index (χ4v) is 3.03. The van der Waals surface area contributed by atoms with Gasteiger partial charge in [0.1, 0.15) is 0 Å². The number of hydrogen-bond donors (Lipinski definition) is 3. The van der Waals surface area contributed by atoms with E-state index in [0.29, 0.717) is 6.92 Å². The first-order chi connectivity index (χ1) is 11.2. The maximum absolute atomic E-state index is 12.6. The second-order valence-corrected chi connectivity index (χ2v) is 8.09. The van der Waals surface area contributed by atoms with Crippen LogP contribution in [-0.2, 0) is 14.8 Å². The fourth-order valence-electron chi connectivity index (χ4n) is 1.50. The Bertz CT molecular complexity index is 749. The Hall–Kier alpha value is -1.36. The Morgan fingerprint density at radius 3 is 2.32 bits per heavy atom. The lowest BCUT2D eigenvalue weighted by Gasteiger charge is -2.25. The molecule has 0 heterocycles. The van der Waals surface area contributed by atoms with Crippen LogP contribution in [0.25, 0.3) is 0 Å². The molecule has 3 N–H and O–H groups in total. The molecule has 1 aromatic rings. The smallest absolute Gasteiger partial charge is 0.373 e. The van der Waals surface area contributed by atoms with Crippen molar-refractivity contribution in [2.75, 3.05) is 11.9 Å².